The van der Waals surface area contributed by atoms with Gasteiger partial charge in [-0.05, 0) is 25.6 Å². The molecule has 1 aliphatic rings. The van der Waals surface area contributed by atoms with Crippen LogP contribution in [0.5, 0.6) is 0 Å². The molecule has 1 aromatic rings. The summed E-state index contributed by atoms with van der Waals surface area (Å²) < 4.78 is 0. The first kappa shape index (κ1) is 12.8. The molecule has 0 bridgehead atoms. The van der Waals surface area contributed by atoms with E-state index in [0.717, 1.165) is 11.8 Å². The first-order valence-electron chi connectivity index (χ1n) is 6.35. The largest absolute Gasteiger partial charge is 0.369 e. The van der Waals surface area contributed by atoms with Gasteiger partial charge in [-0.1, -0.05) is 25.1 Å². The number of benzene rings is 1. The molecule has 2 rings (SSSR count). The number of rotatable bonds is 3. The molecule has 1 N–H and O–H groups in total. The first-order chi connectivity index (χ1) is 8.22. The fraction of sp³-hybridized carbons (Fsp3) is 0.571. The summed E-state index contributed by atoms with van der Waals surface area (Å²) >= 11 is 2.08. The fourth-order valence-electron chi connectivity index (χ4n) is 2.33. The lowest BCUT2D eigenvalue weighted by atomic mass is 10.0. The Hall–Kier alpha value is -0.670. The van der Waals surface area contributed by atoms with Crippen LogP contribution in [-0.2, 0) is 0 Å². The van der Waals surface area contributed by atoms with E-state index in [1.54, 1.807) is 0 Å². The number of para-hydroxylation sites is 1. The van der Waals surface area contributed by atoms with Gasteiger partial charge in [0.05, 0.1) is 0 Å². The van der Waals surface area contributed by atoms with Crippen LogP contribution in [0.1, 0.15) is 25.5 Å². The predicted molar refractivity (Wildman–Crippen MR) is 78.0 cm³/mol. The number of anilines is 1. The van der Waals surface area contributed by atoms with E-state index in [-0.39, 0.29) is 0 Å². The molecule has 2 atom stereocenters. The average Bonchev–Trinajstić information content (AvgIpc) is 2.38. The molecule has 2 nitrogen and oxygen atoms in total. The molecule has 1 aromatic carbocycles. The van der Waals surface area contributed by atoms with Gasteiger partial charge in [-0.2, -0.15) is 11.8 Å². The Balaban J connectivity index is 2.24. The monoisotopic (exact) mass is 250 g/mol. The van der Waals surface area contributed by atoms with Crippen molar-refractivity contribution >= 4 is 17.4 Å². The molecule has 17 heavy (non-hydrogen) atoms. The Bertz CT molecular complexity index is 367. The van der Waals surface area contributed by atoms with Crippen LogP contribution in [0.2, 0.25) is 0 Å². The Morgan fingerprint density at radius 2 is 2.18 bits per heavy atom. The van der Waals surface area contributed by atoms with Crippen molar-refractivity contribution in [2.24, 2.45) is 0 Å². The lowest BCUT2D eigenvalue weighted by Crippen LogP contribution is -2.37. The van der Waals surface area contributed by atoms with E-state index < -0.39 is 0 Å². The van der Waals surface area contributed by atoms with Crippen LogP contribution in [-0.4, -0.2) is 31.1 Å². The highest BCUT2D eigenvalue weighted by molar-refractivity contribution is 8.00. The SMILES string of the molecule is CNC(C)c1ccccc1N1CCSC(C)C1. The van der Waals surface area contributed by atoms with E-state index in [0.29, 0.717) is 6.04 Å². The van der Waals surface area contributed by atoms with Crippen LogP contribution in [0, 0.1) is 0 Å². The highest BCUT2D eigenvalue weighted by atomic mass is 32.2. The Kier molecular flexibility index (Phi) is 4.35. The second-order valence-corrected chi connectivity index (χ2v) is 6.24. The zero-order valence-corrected chi connectivity index (χ0v) is 11.8. The number of hydrogen-bond acceptors (Lipinski definition) is 3. The van der Waals surface area contributed by atoms with E-state index in [9.17, 15) is 0 Å². The maximum absolute atomic E-state index is 3.34. The predicted octanol–water partition coefficient (Wildman–Crippen LogP) is 2.91. The van der Waals surface area contributed by atoms with E-state index in [4.69, 9.17) is 0 Å². The third-order valence-electron chi connectivity index (χ3n) is 3.42. The first-order valence-corrected chi connectivity index (χ1v) is 7.40. The standard InChI is InChI=1S/C14H22N2S/c1-11-10-16(8-9-17-11)14-7-5-4-6-13(14)12(2)15-3/h4-7,11-12,15H,8-10H2,1-3H3. The van der Waals surface area contributed by atoms with Crippen molar-refractivity contribution in [1.82, 2.24) is 5.32 Å². The van der Waals surface area contributed by atoms with E-state index >= 15 is 0 Å². The van der Waals surface area contributed by atoms with Gasteiger partial charge >= 0.3 is 0 Å². The van der Waals surface area contributed by atoms with Gasteiger partial charge in [0.2, 0.25) is 0 Å². The molecule has 0 radical (unpaired) electrons. The lowest BCUT2D eigenvalue weighted by molar-refractivity contribution is 0.646. The van der Waals surface area contributed by atoms with Crippen molar-refractivity contribution in [3.8, 4) is 0 Å². The second-order valence-electron chi connectivity index (χ2n) is 4.70. The molecule has 0 amide bonds. The molecule has 0 spiro atoms. The van der Waals surface area contributed by atoms with E-state index in [1.165, 1.54) is 23.5 Å². The molecule has 0 aromatic heterocycles. The van der Waals surface area contributed by atoms with Gasteiger partial charge in [0.15, 0.2) is 0 Å². The number of nitrogens with zero attached hydrogens (tertiary/aromatic N) is 1. The highest BCUT2D eigenvalue weighted by Crippen LogP contribution is 2.29. The van der Waals surface area contributed by atoms with Crippen molar-refractivity contribution in [3.05, 3.63) is 29.8 Å². The average molecular weight is 250 g/mol. The quantitative estimate of drug-likeness (QED) is 0.888. The van der Waals surface area contributed by atoms with Crippen LogP contribution in [0.4, 0.5) is 5.69 Å². The van der Waals surface area contributed by atoms with Crippen molar-refractivity contribution < 1.29 is 0 Å². The number of hydrogen-bond donors (Lipinski definition) is 1. The van der Waals surface area contributed by atoms with Crippen LogP contribution >= 0.6 is 11.8 Å². The summed E-state index contributed by atoms with van der Waals surface area (Å²) in [7, 11) is 2.02. The highest BCUT2D eigenvalue weighted by Gasteiger charge is 2.20. The zero-order chi connectivity index (χ0) is 12.3. The summed E-state index contributed by atoms with van der Waals surface area (Å²) in [6, 6.07) is 9.19. The van der Waals surface area contributed by atoms with Gasteiger partial charge in [-0.25, -0.2) is 0 Å². The molecule has 3 heteroatoms. The van der Waals surface area contributed by atoms with Crippen molar-refractivity contribution in [3.63, 3.8) is 0 Å². The molecule has 1 heterocycles. The molecule has 1 aliphatic heterocycles. The molecule has 2 unspecified atom stereocenters. The van der Waals surface area contributed by atoms with Gasteiger partial charge in [0.25, 0.3) is 0 Å². The Morgan fingerprint density at radius 3 is 2.88 bits per heavy atom. The smallest absolute Gasteiger partial charge is 0.0415 e. The maximum Gasteiger partial charge on any atom is 0.0415 e. The molecule has 94 valence electrons. The lowest BCUT2D eigenvalue weighted by Gasteiger charge is -2.34. The molecule has 1 saturated heterocycles. The molecular weight excluding hydrogens is 228 g/mol. The summed E-state index contributed by atoms with van der Waals surface area (Å²) in [6.07, 6.45) is 0. The summed E-state index contributed by atoms with van der Waals surface area (Å²) in [5, 5.41) is 4.08. The molecular formula is C14H22N2S. The molecule has 0 aliphatic carbocycles. The molecule has 0 saturated carbocycles. The number of nitrogens with one attached hydrogen (secondary N) is 1. The van der Waals surface area contributed by atoms with Gasteiger partial charge in [0.1, 0.15) is 0 Å². The van der Waals surface area contributed by atoms with Crippen LogP contribution in [0.25, 0.3) is 0 Å². The van der Waals surface area contributed by atoms with Gasteiger partial charge < -0.3 is 10.2 Å². The van der Waals surface area contributed by atoms with Gasteiger partial charge in [-0.3, -0.25) is 0 Å². The van der Waals surface area contributed by atoms with Crippen LogP contribution in [0.15, 0.2) is 24.3 Å². The summed E-state index contributed by atoms with van der Waals surface area (Å²) in [5.41, 5.74) is 2.82. The topological polar surface area (TPSA) is 15.3 Å². The normalized spacial score (nSPS) is 22.5. The minimum atomic E-state index is 0.413. The van der Waals surface area contributed by atoms with E-state index in [2.05, 4.69) is 60.1 Å². The summed E-state index contributed by atoms with van der Waals surface area (Å²) in [5.74, 6) is 1.24. The Morgan fingerprint density at radius 1 is 1.41 bits per heavy atom. The number of thioether (sulfide) groups is 1. The fourth-order valence-corrected chi connectivity index (χ4v) is 3.35. The van der Waals surface area contributed by atoms with Crippen LogP contribution in [0.3, 0.4) is 0 Å². The second kappa shape index (κ2) is 5.78. The van der Waals surface area contributed by atoms with Crippen molar-refractivity contribution in [2.75, 3.05) is 30.8 Å². The maximum atomic E-state index is 3.34. The minimum Gasteiger partial charge on any atom is -0.369 e. The summed E-state index contributed by atoms with van der Waals surface area (Å²) in [6.45, 7) is 6.88. The van der Waals surface area contributed by atoms with Gasteiger partial charge in [-0.15, -0.1) is 0 Å². The third kappa shape index (κ3) is 2.96. The minimum absolute atomic E-state index is 0.413. The van der Waals surface area contributed by atoms with Gasteiger partial charge in [0, 0.05) is 35.8 Å². The molecule has 1 fully saturated rings. The van der Waals surface area contributed by atoms with Crippen molar-refractivity contribution in [1.29, 1.82) is 0 Å². The third-order valence-corrected chi connectivity index (χ3v) is 4.55. The Labute approximate surface area is 109 Å². The van der Waals surface area contributed by atoms with Crippen molar-refractivity contribution in [2.45, 2.75) is 25.1 Å². The van der Waals surface area contributed by atoms with E-state index in [1.807, 2.05) is 7.05 Å². The zero-order valence-electron chi connectivity index (χ0n) is 10.9. The summed E-state index contributed by atoms with van der Waals surface area (Å²) in [4.78, 5) is 2.53. The van der Waals surface area contributed by atoms with Crippen LogP contribution < -0.4 is 10.2 Å².